The fourth-order valence-electron chi connectivity index (χ4n) is 7.22. The van der Waals surface area contributed by atoms with Crippen LogP contribution in [0.25, 0.3) is 0 Å². The fraction of sp³-hybridized carbons (Fsp3) is 0.636. The zero-order chi connectivity index (χ0) is 31.4. The molecule has 10 heteroatoms. The van der Waals surface area contributed by atoms with Crippen LogP contribution < -0.4 is 16.0 Å². The SMILES string of the molecule is CC(=O)N[C@@H](CCCCNC(=O)/C(C#N)=C/C(C)C)C(=O)N[C@@H](Cc1ccccc1)B1O[C@@H]2C[C@@H]3C[C@@H](C3(C)C)[C@]2(C)O1. The first-order valence-corrected chi connectivity index (χ1v) is 15.7. The number of nitrogens with zero attached hydrogens (tertiary/aromatic N) is 1. The van der Waals surface area contributed by atoms with Gasteiger partial charge in [-0.2, -0.15) is 5.26 Å². The molecule has 1 aromatic carbocycles. The lowest BCUT2D eigenvalue weighted by Crippen LogP contribution is -2.65. The van der Waals surface area contributed by atoms with Crippen LogP contribution in [-0.4, -0.2) is 55.1 Å². The molecule has 3 aliphatic carbocycles. The molecule has 43 heavy (non-hydrogen) atoms. The molecule has 9 nitrogen and oxygen atoms in total. The summed E-state index contributed by atoms with van der Waals surface area (Å²) in [5, 5.41) is 18.0. The summed E-state index contributed by atoms with van der Waals surface area (Å²) >= 11 is 0. The number of nitrogens with one attached hydrogen (secondary N) is 3. The van der Waals surface area contributed by atoms with Crippen LogP contribution in [0.4, 0.5) is 0 Å². The highest BCUT2D eigenvalue weighted by atomic mass is 16.7. The minimum absolute atomic E-state index is 0.0114. The second-order valence-corrected chi connectivity index (χ2v) is 13.6. The summed E-state index contributed by atoms with van der Waals surface area (Å²) in [5.74, 6) is -0.310. The molecule has 6 atom stereocenters. The molecular weight excluding hydrogens is 543 g/mol. The Bertz CT molecular complexity index is 1250. The van der Waals surface area contributed by atoms with Crippen molar-refractivity contribution in [3.63, 3.8) is 0 Å². The van der Waals surface area contributed by atoms with Gasteiger partial charge in [-0.15, -0.1) is 0 Å². The van der Waals surface area contributed by atoms with Gasteiger partial charge in [0.25, 0.3) is 5.91 Å². The molecule has 0 unspecified atom stereocenters. The van der Waals surface area contributed by atoms with Gasteiger partial charge in [0.05, 0.1) is 17.6 Å². The van der Waals surface area contributed by atoms with E-state index in [9.17, 15) is 19.6 Å². The first kappa shape index (κ1) is 32.8. The third-order valence-electron chi connectivity index (χ3n) is 9.69. The number of carbonyl (C=O) groups excluding carboxylic acids is 3. The van der Waals surface area contributed by atoms with Crippen molar-refractivity contribution in [2.75, 3.05) is 6.54 Å². The standard InChI is InChI=1S/C33H47BN4O5/c1-21(2)16-24(20-35)30(40)36-15-11-10-14-26(37-22(3)39)31(41)38-29(17-23-12-8-7-9-13-23)34-42-28-19-25-18-27(32(25,4)5)33(28,6)43-34/h7-9,12-13,16,21,25-29H,10-11,14-15,17-19H2,1-6H3,(H,36,40)(H,37,39)(H,38,41)/b24-16+/t25-,26-,27-,28+,29-,33-/m0/s1. The molecule has 1 saturated heterocycles. The van der Waals surface area contributed by atoms with Gasteiger partial charge in [-0.1, -0.05) is 64.1 Å². The lowest BCUT2D eigenvalue weighted by molar-refractivity contribution is -0.199. The first-order valence-electron chi connectivity index (χ1n) is 15.7. The smallest absolute Gasteiger partial charge is 0.404 e. The van der Waals surface area contributed by atoms with Crippen molar-refractivity contribution < 1.29 is 23.7 Å². The zero-order valence-corrected chi connectivity index (χ0v) is 26.4. The maximum Gasteiger partial charge on any atom is 0.482 e. The van der Waals surface area contributed by atoms with E-state index in [1.54, 1.807) is 6.08 Å². The molecule has 4 aliphatic rings. The lowest BCUT2D eigenvalue weighted by atomic mass is 9.43. The van der Waals surface area contributed by atoms with Gasteiger partial charge in [-0.25, -0.2) is 0 Å². The number of hydrogen-bond acceptors (Lipinski definition) is 6. The molecule has 1 aromatic rings. The van der Waals surface area contributed by atoms with Crippen LogP contribution in [0.15, 0.2) is 42.0 Å². The molecule has 3 amide bonds. The minimum atomic E-state index is -0.743. The highest BCUT2D eigenvalue weighted by Gasteiger charge is 2.68. The average molecular weight is 591 g/mol. The lowest BCUT2D eigenvalue weighted by Gasteiger charge is -2.64. The minimum Gasteiger partial charge on any atom is -0.404 e. The second-order valence-electron chi connectivity index (χ2n) is 13.6. The third kappa shape index (κ3) is 7.50. The quantitative estimate of drug-likeness (QED) is 0.138. The molecule has 1 heterocycles. The largest absolute Gasteiger partial charge is 0.482 e. The summed E-state index contributed by atoms with van der Waals surface area (Å²) in [6.07, 6.45) is 5.83. The third-order valence-corrected chi connectivity index (χ3v) is 9.69. The van der Waals surface area contributed by atoms with Gasteiger partial charge in [0.2, 0.25) is 11.8 Å². The predicted octanol–water partition coefficient (Wildman–Crippen LogP) is 3.88. The molecule has 2 bridgehead atoms. The second kappa shape index (κ2) is 13.6. The Hall–Kier alpha value is -3.16. The number of amides is 3. The van der Waals surface area contributed by atoms with Gasteiger partial charge >= 0.3 is 7.12 Å². The summed E-state index contributed by atoms with van der Waals surface area (Å²) in [6, 6.07) is 11.2. The van der Waals surface area contributed by atoms with Crippen LogP contribution >= 0.6 is 0 Å². The average Bonchev–Trinajstić information content (AvgIpc) is 3.32. The van der Waals surface area contributed by atoms with Gasteiger partial charge in [0.15, 0.2) is 0 Å². The highest BCUT2D eigenvalue weighted by molar-refractivity contribution is 6.48. The van der Waals surface area contributed by atoms with E-state index >= 15 is 0 Å². The van der Waals surface area contributed by atoms with Crippen LogP contribution in [-0.2, 0) is 30.1 Å². The molecule has 3 saturated carbocycles. The topological polar surface area (TPSA) is 130 Å². The van der Waals surface area contributed by atoms with Gasteiger partial charge < -0.3 is 25.3 Å². The normalized spacial score (nSPS) is 26.9. The van der Waals surface area contributed by atoms with Gasteiger partial charge in [-0.3, -0.25) is 14.4 Å². The summed E-state index contributed by atoms with van der Waals surface area (Å²) in [7, 11) is -0.601. The molecule has 3 N–H and O–H groups in total. The van der Waals surface area contributed by atoms with Gasteiger partial charge in [0, 0.05) is 13.5 Å². The molecule has 4 fully saturated rings. The first-order chi connectivity index (χ1) is 20.3. The number of unbranched alkanes of at least 4 members (excludes halogenated alkanes) is 1. The number of benzene rings is 1. The summed E-state index contributed by atoms with van der Waals surface area (Å²) < 4.78 is 13.3. The molecule has 0 radical (unpaired) electrons. The Morgan fingerprint density at radius 3 is 2.47 bits per heavy atom. The number of allylic oxidation sites excluding steroid dienone is 1. The Morgan fingerprint density at radius 2 is 1.84 bits per heavy atom. The van der Waals surface area contributed by atoms with E-state index in [-0.39, 0.29) is 34.8 Å². The van der Waals surface area contributed by atoms with Crippen molar-refractivity contribution in [1.82, 2.24) is 16.0 Å². The number of hydrogen-bond donors (Lipinski definition) is 3. The molecule has 232 valence electrons. The van der Waals surface area contributed by atoms with Gasteiger partial charge in [-0.05, 0) is 74.2 Å². The van der Waals surface area contributed by atoms with Crippen LogP contribution in [0.5, 0.6) is 0 Å². The number of rotatable bonds is 13. The van der Waals surface area contributed by atoms with E-state index in [4.69, 9.17) is 9.31 Å². The van der Waals surface area contributed by atoms with Crippen molar-refractivity contribution in [3.8, 4) is 6.07 Å². The Balaban J connectivity index is 1.39. The van der Waals surface area contributed by atoms with E-state index < -0.39 is 30.6 Å². The zero-order valence-electron chi connectivity index (χ0n) is 26.4. The maximum atomic E-state index is 13.7. The van der Waals surface area contributed by atoms with Crippen LogP contribution in [0.2, 0.25) is 0 Å². The van der Waals surface area contributed by atoms with Crippen LogP contribution in [0, 0.1) is 34.5 Å². The van der Waals surface area contributed by atoms with Crippen LogP contribution in [0.3, 0.4) is 0 Å². The molecule has 0 spiro atoms. The van der Waals surface area contributed by atoms with E-state index in [1.165, 1.54) is 6.92 Å². The molecule has 5 rings (SSSR count). The molecule has 1 aliphatic heterocycles. The van der Waals surface area contributed by atoms with Crippen molar-refractivity contribution in [2.24, 2.45) is 23.2 Å². The van der Waals surface area contributed by atoms with Crippen LogP contribution in [0.1, 0.15) is 79.2 Å². The van der Waals surface area contributed by atoms with Crippen molar-refractivity contribution in [1.29, 1.82) is 5.26 Å². The van der Waals surface area contributed by atoms with E-state index in [0.29, 0.717) is 44.1 Å². The number of nitriles is 1. The predicted molar refractivity (Wildman–Crippen MR) is 165 cm³/mol. The van der Waals surface area contributed by atoms with Crippen molar-refractivity contribution in [2.45, 2.75) is 104 Å². The Kier molecular flexibility index (Phi) is 10.4. The maximum absolute atomic E-state index is 13.7. The summed E-state index contributed by atoms with van der Waals surface area (Å²) in [6.45, 7) is 12.4. The number of carbonyl (C=O) groups is 3. The Morgan fingerprint density at radius 1 is 1.12 bits per heavy atom. The fourth-order valence-corrected chi connectivity index (χ4v) is 7.22. The van der Waals surface area contributed by atoms with E-state index in [1.807, 2.05) is 50.2 Å². The van der Waals surface area contributed by atoms with Gasteiger partial charge in [0.1, 0.15) is 17.7 Å². The monoisotopic (exact) mass is 590 g/mol. The van der Waals surface area contributed by atoms with E-state index in [2.05, 4.69) is 36.7 Å². The molecular formula is C33H47BN4O5. The summed E-state index contributed by atoms with van der Waals surface area (Å²) in [4.78, 5) is 38.0. The molecule has 0 aromatic heterocycles. The highest BCUT2D eigenvalue weighted by Crippen LogP contribution is 2.65. The summed E-state index contributed by atoms with van der Waals surface area (Å²) in [5.41, 5.74) is 0.957. The Labute approximate surface area is 256 Å². The van der Waals surface area contributed by atoms with Crippen molar-refractivity contribution >= 4 is 24.8 Å². The van der Waals surface area contributed by atoms with Crippen molar-refractivity contribution in [3.05, 3.63) is 47.5 Å². The van der Waals surface area contributed by atoms with E-state index in [0.717, 1.165) is 18.4 Å².